The van der Waals surface area contributed by atoms with E-state index in [1.54, 1.807) is 6.07 Å². The smallest absolute Gasteiger partial charge is 0.301 e. The lowest BCUT2D eigenvalue weighted by Gasteiger charge is -2.07. The second-order valence-corrected chi connectivity index (χ2v) is 5.33. The zero-order chi connectivity index (χ0) is 14.5. The summed E-state index contributed by atoms with van der Waals surface area (Å²) in [5, 5.41) is 1.86. The van der Waals surface area contributed by atoms with Gasteiger partial charge in [0.1, 0.15) is 0 Å². The van der Waals surface area contributed by atoms with Gasteiger partial charge in [-0.2, -0.15) is 0 Å². The summed E-state index contributed by atoms with van der Waals surface area (Å²) >= 11 is 1.41. The minimum atomic E-state index is -0.316. The van der Waals surface area contributed by atoms with Gasteiger partial charge in [0.2, 0.25) is 0 Å². The Hall–Kier alpha value is -1.95. The van der Waals surface area contributed by atoms with Crippen LogP contribution in [0.25, 0.3) is 0 Å². The van der Waals surface area contributed by atoms with Crippen LogP contribution in [0.1, 0.15) is 29.4 Å². The second kappa shape index (κ2) is 6.47. The van der Waals surface area contributed by atoms with Crippen molar-refractivity contribution in [1.82, 2.24) is 9.13 Å². The van der Waals surface area contributed by atoms with Crippen LogP contribution in [0.3, 0.4) is 0 Å². The fraction of sp³-hybridized carbons (Fsp3) is 0.357. The van der Waals surface area contributed by atoms with E-state index >= 15 is 0 Å². The van der Waals surface area contributed by atoms with Gasteiger partial charge in [-0.25, -0.2) is 4.79 Å². The van der Waals surface area contributed by atoms with E-state index in [1.165, 1.54) is 32.7 Å². The Balaban J connectivity index is 2.03. The molecule has 2 rings (SSSR count). The Kier molecular flexibility index (Phi) is 4.68. The van der Waals surface area contributed by atoms with Gasteiger partial charge >= 0.3 is 5.69 Å². The molecular formula is C14H16N2O3S. The first-order chi connectivity index (χ1) is 9.63. The number of aromatic nitrogens is 2. The van der Waals surface area contributed by atoms with Crippen LogP contribution in [-0.2, 0) is 13.1 Å². The van der Waals surface area contributed by atoms with Crippen molar-refractivity contribution in [2.24, 2.45) is 0 Å². The molecule has 2 aromatic heterocycles. The standard InChI is InChI=1S/C14H16N2O3S/c1-2-15-9-7-13(18)16(14(15)19)8-3-5-11(17)12-6-4-10-20-12/h4,6-7,9-10H,2-3,5,8H2,1H3. The van der Waals surface area contributed by atoms with E-state index in [4.69, 9.17) is 0 Å². The first kappa shape index (κ1) is 14.5. The summed E-state index contributed by atoms with van der Waals surface area (Å²) in [6.07, 6.45) is 2.32. The van der Waals surface area contributed by atoms with Crippen molar-refractivity contribution >= 4 is 17.1 Å². The van der Waals surface area contributed by atoms with Crippen molar-refractivity contribution in [3.05, 3.63) is 55.5 Å². The van der Waals surface area contributed by atoms with E-state index in [0.29, 0.717) is 19.4 Å². The molecule has 2 aromatic rings. The molecular weight excluding hydrogens is 276 g/mol. The van der Waals surface area contributed by atoms with Crippen molar-refractivity contribution < 1.29 is 4.79 Å². The summed E-state index contributed by atoms with van der Waals surface area (Å²) in [6, 6.07) is 5.00. The molecule has 2 heterocycles. The molecule has 20 heavy (non-hydrogen) atoms. The van der Waals surface area contributed by atoms with Crippen LogP contribution in [0.4, 0.5) is 0 Å². The number of nitrogens with zero attached hydrogens (tertiary/aromatic N) is 2. The second-order valence-electron chi connectivity index (χ2n) is 4.38. The fourth-order valence-corrected chi connectivity index (χ4v) is 2.66. The molecule has 0 saturated carbocycles. The molecule has 0 fully saturated rings. The van der Waals surface area contributed by atoms with E-state index in [0.717, 1.165) is 4.88 Å². The maximum Gasteiger partial charge on any atom is 0.330 e. The van der Waals surface area contributed by atoms with Crippen LogP contribution in [0.15, 0.2) is 39.4 Å². The Morgan fingerprint density at radius 2 is 2.10 bits per heavy atom. The highest BCUT2D eigenvalue weighted by atomic mass is 32.1. The Bertz CT molecular complexity index is 698. The largest absolute Gasteiger partial charge is 0.330 e. The quantitative estimate of drug-likeness (QED) is 0.762. The molecule has 0 atom stereocenters. The van der Waals surface area contributed by atoms with Crippen molar-refractivity contribution in [1.29, 1.82) is 0 Å². The normalized spacial score (nSPS) is 10.7. The molecule has 0 aliphatic heterocycles. The monoisotopic (exact) mass is 292 g/mol. The van der Waals surface area contributed by atoms with Crippen LogP contribution in [-0.4, -0.2) is 14.9 Å². The highest BCUT2D eigenvalue weighted by Crippen LogP contribution is 2.12. The molecule has 0 unspecified atom stereocenters. The highest BCUT2D eigenvalue weighted by molar-refractivity contribution is 7.12. The average molecular weight is 292 g/mol. The van der Waals surface area contributed by atoms with Gasteiger partial charge in [0.15, 0.2) is 5.78 Å². The van der Waals surface area contributed by atoms with E-state index in [9.17, 15) is 14.4 Å². The van der Waals surface area contributed by atoms with Crippen molar-refractivity contribution in [3.63, 3.8) is 0 Å². The van der Waals surface area contributed by atoms with Crippen molar-refractivity contribution in [2.75, 3.05) is 0 Å². The molecule has 0 aromatic carbocycles. The maximum absolute atomic E-state index is 12.0. The molecule has 0 bridgehead atoms. The van der Waals surface area contributed by atoms with Gasteiger partial charge in [-0.05, 0) is 24.8 Å². The number of hydrogen-bond donors (Lipinski definition) is 0. The van der Waals surface area contributed by atoms with E-state index in [2.05, 4.69) is 0 Å². The molecule has 6 heteroatoms. The lowest BCUT2D eigenvalue weighted by atomic mass is 10.2. The van der Waals surface area contributed by atoms with Crippen LogP contribution >= 0.6 is 11.3 Å². The van der Waals surface area contributed by atoms with Gasteiger partial charge in [-0.15, -0.1) is 11.3 Å². The van der Waals surface area contributed by atoms with Gasteiger partial charge in [0.25, 0.3) is 5.56 Å². The summed E-state index contributed by atoms with van der Waals surface area (Å²) in [4.78, 5) is 36.2. The van der Waals surface area contributed by atoms with Crippen LogP contribution in [0, 0.1) is 0 Å². The molecule has 0 amide bonds. The summed E-state index contributed by atoms with van der Waals surface area (Å²) in [5.74, 6) is 0.0554. The third-order valence-corrected chi connectivity index (χ3v) is 3.97. The van der Waals surface area contributed by atoms with Gasteiger partial charge in [-0.1, -0.05) is 6.07 Å². The summed E-state index contributed by atoms with van der Waals surface area (Å²) in [6.45, 7) is 2.64. The minimum absolute atomic E-state index is 0.0554. The van der Waals surface area contributed by atoms with Gasteiger partial charge in [-0.3, -0.25) is 14.2 Å². The van der Waals surface area contributed by atoms with Crippen LogP contribution in [0.2, 0.25) is 0 Å². The van der Waals surface area contributed by atoms with Crippen molar-refractivity contribution in [3.8, 4) is 0 Å². The molecule has 0 spiro atoms. The Morgan fingerprint density at radius 1 is 1.30 bits per heavy atom. The van der Waals surface area contributed by atoms with E-state index in [-0.39, 0.29) is 23.6 Å². The number of thiophene rings is 1. The summed E-state index contributed by atoms with van der Waals surface area (Å²) in [7, 11) is 0. The lowest BCUT2D eigenvalue weighted by molar-refractivity contribution is 0.0982. The fourth-order valence-electron chi connectivity index (χ4n) is 1.96. The SMILES string of the molecule is CCn1ccc(=O)n(CCCC(=O)c2cccs2)c1=O. The molecule has 0 aliphatic rings. The topological polar surface area (TPSA) is 61.1 Å². The average Bonchev–Trinajstić information content (AvgIpc) is 2.96. The maximum atomic E-state index is 12.0. The van der Waals surface area contributed by atoms with Gasteiger partial charge in [0.05, 0.1) is 4.88 Å². The Labute approximate surface area is 120 Å². The first-order valence-corrected chi connectivity index (χ1v) is 7.38. The number of rotatable bonds is 6. The predicted molar refractivity (Wildman–Crippen MR) is 78.5 cm³/mol. The first-order valence-electron chi connectivity index (χ1n) is 6.50. The van der Waals surface area contributed by atoms with Crippen molar-refractivity contribution in [2.45, 2.75) is 32.9 Å². The number of Topliss-reactive ketones (excluding diaryl/α,β-unsaturated/α-hetero) is 1. The number of ketones is 1. The Morgan fingerprint density at radius 3 is 2.75 bits per heavy atom. The van der Waals surface area contributed by atoms with E-state index < -0.39 is 0 Å². The van der Waals surface area contributed by atoms with Gasteiger partial charge in [0, 0.05) is 31.8 Å². The molecule has 0 aliphatic carbocycles. The molecule has 106 valence electrons. The number of aryl methyl sites for hydroxylation is 1. The van der Waals surface area contributed by atoms with Gasteiger partial charge < -0.3 is 4.57 Å². The van der Waals surface area contributed by atoms with E-state index in [1.807, 2.05) is 18.4 Å². The zero-order valence-electron chi connectivity index (χ0n) is 11.2. The third-order valence-electron chi connectivity index (χ3n) is 3.06. The third kappa shape index (κ3) is 3.14. The van der Waals surface area contributed by atoms with Crippen LogP contribution in [0.5, 0.6) is 0 Å². The number of hydrogen-bond acceptors (Lipinski definition) is 4. The molecule has 0 N–H and O–H groups in total. The minimum Gasteiger partial charge on any atom is -0.301 e. The lowest BCUT2D eigenvalue weighted by Crippen LogP contribution is -2.38. The molecule has 5 nitrogen and oxygen atoms in total. The number of carbonyl (C=O) groups is 1. The summed E-state index contributed by atoms with van der Waals surface area (Å²) < 4.78 is 2.66. The summed E-state index contributed by atoms with van der Waals surface area (Å²) in [5.41, 5.74) is -0.633. The highest BCUT2D eigenvalue weighted by Gasteiger charge is 2.08. The van der Waals surface area contributed by atoms with Crippen LogP contribution < -0.4 is 11.2 Å². The number of carbonyl (C=O) groups excluding carboxylic acids is 1. The zero-order valence-corrected chi connectivity index (χ0v) is 12.1. The molecule has 0 saturated heterocycles. The predicted octanol–water partition coefficient (Wildman–Crippen LogP) is 1.75. The molecule has 0 radical (unpaired) electrons.